The third kappa shape index (κ3) is 4.29. The van der Waals surface area contributed by atoms with Crippen LogP contribution in [0.15, 0.2) is 41.2 Å². The highest BCUT2D eigenvalue weighted by molar-refractivity contribution is 5.97. The number of nitrogens with one attached hydrogen (secondary N) is 1. The Kier molecular flexibility index (Phi) is 6.22. The number of para-hydroxylation sites is 1. The number of piperidine rings is 1. The SMILES string of the molecule is CC(C)c1cccc(C(C)C)c1NC(=O)[C@H]1CCCN(C(=O)c2ccoc2)C1. The second-order valence-corrected chi connectivity index (χ2v) is 8.21. The van der Waals surface area contributed by atoms with Gasteiger partial charge in [0.15, 0.2) is 0 Å². The summed E-state index contributed by atoms with van der Waals surface area (Å²) in [5.74, 6) is 0.361. The number of carbonyl (C=O) groups excluding carboxylic acids is 2. The average molecular weight is 383 g/mol. The summed E-state index contributed by atoms with van der Waals surface area (Å²) in [4.78, 5) is 27.5. The van der Waals surface area contributed by atoms with E-state index >= 15 is 0 Å². The third-order valence-electron chi connectivity index (χ3n) is 5.47. The molecule has 3 rings (SSSR count). The molecule has 0 spiro atoms. The molecule has 1 aliphatic rings. The van der Waals surface area contributed by atoms with E-state index in [4.69, 9.17) is 4.42 Å². The minimum atomic E-state index is -0.204. The lowest BCUT2D eigenvalue weighted by Crippen LogP contribution is -2.43. The fourth-order valence-corrected chi connectivity index (χ4v) is 3.86. The van der Waals surface area contributed by atoms with Crippen LogP contribution in [-0.4, -0.2) is 29.8 Å². The Morgan fingerprint density at radius 2 is 1.79 bits per heavy atom. The molecule has 1 saturated heterocycles. The molecule has 5 heteroatoms. The van der Waals surface area contributed by atoms with Gasteiger partial charge in [0.25, 0.3) is 5.91 Å². The third-order valence-corrected chi connectivity index (χ3v) is 5.47. The van der Waals surface area contributed by atoms with Crippen molar-refractivity contribution in [2.24, 2.45) is 5.92 Å². The highest BCUT2D eigenvalue weighted by atomic mass is 16.3. The Balaban J connectivity index is 1.77. The zero-order valence-corrected chi connectivity index (χ0v) is 17.2. The molecule has 1 atom stereocenters. The molecule has 1 aliphatic heterocycles. The Morgan fingerprint density at radius 1 is 1.11 bits per heavy atom. The smallest absolute Gasteiger partial charge is 0.257 e. The van der Waals surface area contributed by atoms with Crippen molar-refractivity contribution in [3.63, 3.8) is 0 Å². The summed E-state index contributed by atoms with van der Waals surface area (Å²) in [6.45, 7) is 9.68. The summed E-state index contributed by atoms with van der Waals surface area (Å²) in [6, 6.07) is 7.90. The largest absolute Gasteiger partial charge is 0.472 e. The number of rotatable bonds is 5. The van der Waals surface area contributed by atoms with Gasteiger partial charge in [0.05, 0.1) is 17.7 Å². The summed E-state index contributed by atoms with van der Waals surface area (Å²) in [5, 5.41) is 3.21. The van der Waals surface area contributed by atoms with Gasteiger partial charge >= 0.3 is 0 Å². The Morgan fingerprint density at radius 3 is 2.36 bits per heavy atom. The van der Waals surface area contributed by atoms with Gasteiger partial charge in [-0.1, -0.05) is 45.9 Å². The molecule has 0 saturated carbocycles. The molecule has 0 bridgehead atoms. The zero-order chi connectivity index (χ0) is 20.3. The number of benzene rings is 1. The maximum atomic E-state index is 13.1. The molecule has 0 unspecified atom stereocenters. The Hall–Kier alpha value is -2.56. The fourth-order valence-electron chi connectivity index (χ4n) is 3.86. The predicted molar refractivity (Wildman–Crippen MR) is 111 cm³/mol. The summed E-state index contributed by atoms with van der Waals surface area (Å²) in [5.41, 5.74) is 3.78. The van der Waals surface area contributed by atoms with Crippen LogP contribution in [0.2, 0.25) is 0 Å². The first kappa shape index (κ1) is 20.2. The van der Waals surface area contributed by atoms with E-state index in [1.165, 1.54) is 12.5 Å². The predicted octanol–water partition coefficient (Wildman–Crippen LogP) is 5.02. The van der Waals surface area contributed by atoms with Gasteiger partial charge in [-0.2, -0.15) is 0 Å². The van der Waals surface area contributed by atoms with Gasteiger partial charge in [0.2, 0.25) is 5.91 Å². The van der Waals surface area contributed by atoms with Crippen LogP contribution in [-0.2, 0) is 4.79 Å². The molecule has 1 fully saturated rings. The van der Waals surface area contributed by atoms with Crippen molar-refractivity contribution in [3.8, 4) is 0 Å². The number of hydrogen-bond acceptors (Lipinski definition) is 3. The van der Waals surface area contributed by atoms with Gasteiger partial charge in [-0.25, -0.2) is 0 Å². The standard InChI is InChI=1S/C23H30N2O3/c1-15(2)19-8-5-9-20(16(3)4)21(19)24-22(26)17-7-6-11-25(13-17)23(27)18-10-12-28-14-18/h5,8-10,12,14-17H,6-7,11,13H2,1-4H3,(H,24,26)/t17-/m0/s1. The number of furan rings is 1. The van der Waals surface area contributed by atoms with E-state index in [1.807, 2.05) is 0 Å². The van der Waals surface area contributed by atoms with Crippen molar-refractivity contribution < 1.29 is 14.0 Å². The molecule has 1 aromatic carbocycles. The van der Waals surface area contributed by atoms with E-state index in [0.717, 1.165) is 29.7 Å². The number of nitrogens with zero attached hydrogens (tertiary/aromatic N) is 1. The van der Waals surface area contributed by atoms with Crippen LogP contribution < -0.4 is 5.32 Å². The number of likely N-dealkylation sites (tertiary alicyclic amines) is 1. The van der Waals surface area contributed by atoms with Gasteiger partial charge in [0, 0.05) is 18.8 Å². The molecule has 2 amide bonds. The molecular weight excluding hydrogens is 352 g/mol. The van der Waals surface area contributed by atoms with Crippen LogP contribution in [0, 0.1) is 5.92 Å². The second-order valence-electron chi connectivity index (χ2n) is 8.21. The van der Waals surface area contributed by atoms with Gasteiger partial charge < -0.3 is 14.6 Å². The summed E-state index contributed by atoms with van der Waals surface area (Å²) >= 11 is 0. The van der Waals surface area contributed by atoms with Crippen molar-refractivity contribution in [2.75, 3.05) is 18.4 Å². The number of anilines is 1. The monoisotopic (exact) mass is 382 g/mol. The first-order valence-electron chi connectivity index (χ1n) is 10.1. The van der Waals surface area contributed by atoms with Crippen LogP contribution >= 0.6 is 0 Å². The number of carbonyl (C=O) groups is 2. The number of amides is 2. The van der Waals surface area contributed by atoms with E-state index in [9.17, 15) is 9.59 Å². The van der Waals surface area contributed by atoms with Crippen LogP contribution in [0.5, 0.6) is 0 Å². The first-order chi connectivity index (χ1) is 13.4. The van der Waals surface area contributed by atoms with Crippen LogP contribution in [0.25, 0.3) is 0 Å². The van der Waals surface area contributed by atoms with E-state index in [0.29, 0.717) is 30.5 Å². The fraction of sp³-hybridized carbons (Fsp3) is 0.478. The van der Waals surface area contributed by atoms with Crippen LogP contribution in [0.3, 0.4) is 0 Å². The molecule has 5 nitrogen and oxygen atoms in total. The van der Waals surface area contributed by atoms with Crippen LogP contribution in [0.1, 0.15) is 73.9 Å². The van der Waals surface area contributed by atoms with Gasteiger partial charge in [-0.15, -0.1) is 0 Å². The summed E-state index contributed by atoms with van der Waals surface area (Å²) < 4.78 is 5.02. The topological polar surface area (TPSA) is 62.6 Å². The van der Waals surface area contributed by atoms with Gasteiger partial charge in [-0.05, 0) is 41.9 Å². The molecule has 0 radical (unpaired) electrons. The summed E-state index contributed by atoms with van der Waals surface area (Å²) in [7, 11) is 0. The minimum absolute atomic E-state index is 0.000284. The maximum Gasteiger partial charge on any atom is 0.257 e. The molecule has 2 heterocycles. The minimum Gasteiger partial charge on any atom is -0.472 e. The molecule has 2 aromatic rings. The zero-order valence-electron chi connectivity index (χ0n) is 17.2. The lowest BCUT2D eigenvalue weighted by molar-refractivity contribution is -0.121. The van der Waals surface area contributed by atoms with Crippen molar-refractivity contribution >= 4 is 17.5 Å². The summed E-state index contributed by atoms with van der Waals surface area (Å²) in [6.07, 6.45) is 4.57. The van der Waals surface area contributed by atoms with E-state index in [-0.39, 0.29) is 17.7 Å². The highest BCUT2D eigenvalue weighted by Gasteiger charge is 2.30. The van der Waals surface area contributed by atoms with Crippen molar-refractivity contribution in [3.05, 3.63) is 53.5 Å². The molecule has 1 aromatic heterocycles. The van der Waals surface area contributed by atoms with Gasteiger partial charge in [-0.3, -0.25) is 9.59 Å². The molecule has 150 valence electrons. The molecule has 28 heavy (non-hydrogen) atoms. The van der Waals surface area contributed by atoms with Crippen molar-refractivity contribution in [2.45, 2.75) is 52.4 Å². The lowest BCUT2D eigenvalue weighted by Gasteiger charge is -2.32. The normalized spacial score (nSPS) is 17.2. The number of hydrogen-bond donors (Lipinski definition) is 1. The van der Waals surface area contributed by atoms with Crippen LogP contribution in [0.4, 0.5) is 5.69 Å². The van der Waals surface area contributed by atoms with E-state index < -0.39 is 0 Å². The molecule has 1 N–H and O–H groups in total. The van der Waals surface area contributed by atoms with Gasteiger partial charge in [0.1, 0.15) is 6.26 Å². The van der Waals surface area contributed by atoms with E-state index in [1.54, 1.807) is 11.0 Å². The average Bonchev–Trinajstić information content (AvgIpc) is 3.22. The maximum absolute atomic E-state index is 13.1. The van der Waals surface area contributed by atoms with Crippen molar-refractivity contribution in [1.82, 2.24) is 4.90 Å². The first-order valence-corrected chi connectivity index (χ1v) is 10.1. The molecule has 0 aliphatic carbocycles. The van der Waals surface area contributed by atoms with E-state index in [2.05, 4.69) is 51.2 Å². The Bertz CT molecular complexity index is 798. The Labute approximate surface area is 167 Å². The highest BCUT2D eigenvalue weighted by Crippen LogP contribution is 2.33. The molecular formula is C23H30N2O3. The lowest BCUT2D eigenvalue weighted by atomic mass is 9.91. The quantitative estimate of drug-likeness (QED) is 0.790. The second kappa shape index (κ2) is 8.63. The van der Waals surface area contributed by atoms with Crippen molar-refractivity contribution in [1.29, 1.82) is 0 Å².